The van der Waals surface area contributed by atoms with Crippen LogP contribution in [-0.2, 0) is 6.54 Å². The molecule has 0 aromatic heterocycles. The number of nitrogens with one attached hydrogen (secondary N) is 1. The Morgan fingerprint density at radius 1 is 1.05 bits per heavy atom. The van der Waals surface area contributed by atoms with Crippen molar-refractivity contribution in [3.05, 3.63) is 65.5 Å². The fourth-order valence-electron chi connectivity index (χ4n) is 2.14. The maximum Gasteiger partial charge on any atom is 0.146 e. The monoisotopic (exact) mass is 272 g/mol. The average Bonchev–Trinajstić information content (AvgIpc) is 2.43. The van der Waals surface area contributed by atoms with Crippen LogP contribution in [0.5, 0.6) is 0 Å². The molecule has 0 saturated carbocycles. The number of halogens is 1. The Balaban J connectivity index is 1.80. The van der Waals surface area contributed by atoms with Crippen molar-refractivity contribution in [3.63, 3.8) is 0 Å². The van der Waals surface area contributed by atoms with Crippen LogP contribution in [0, 0.1) is 12.7 Å². The van der Waals surface area contributed by atoms with E-state index < -0.39 is 0 Å². The molecule has 2 nitrogen and oxygen atoms in total. The summed E-state index contributed by atoms with van der Waals surface area (Å²) in [6, 6.07) is 15.2. The van der Waals surface area contributed by atoms with Gasteiger partial charge in [0.25, 0.3) is 0 Å². The largest absolute Gasteiger partial charge is 0.381 e. The Morgan fingerprint density at radius 2 is 1.75 bits per heavy atom. The quantitative estimate of drug-likeness (QED) is 0.863. The van der Waals surface area contributed by atoms with E-state index in [1.165, 1.54) is 17.2 Å². The molecule has 0 aliphatic carbocycles. The summed E-state index contributed by atoms with van der Waals surface area (Å²) in [4.78, 5) is 2.23. The molecule has 0 aliphatic heterocycles. The molecule has 0 atom stereocenters. The number of para-hydroxylation sites is 1. The van der Waals surface area contributed by atoms with Gasteiger partial charge in [0.2, 0.25) is 0 Å². The second-order valence-corrected chi connectivity index (χ2v) is 5.07. The standard InChI is InChI=1S/C17H21FN2/c1-14-7-3-4-8-15(14)13-20(2)12-11-19-17-10-6-5-9-16(17)18/h3-10,19H,11-13H2,1-2H3. The first-order valence-electron chi connectivity index (χ1n) is 6.88. The van der Waals surface area contributed by atoms with Gasteiger partial charge in [0, 0.05) is 19.6 Å². The SMILES string of the molecule is Cc1ccccc1CN(C)CCNc1ccccc1F. The van der Waals surface area contributed by atoms with Crippen molar-refractivity contribution in [2.24, 2.45) is 0 Å². The van der Waals surface area contributed by atoms with E-state index in [9.17, 15) is 4.39 Å². The zero-order valence-electron chi connectivity index (χ0n) is 12.1. The molecule has 3 heteroatoms. The Kier molecular flexibility index (Phi) is 5.13. The number of aryl methyl sites for hydroxylation is 1. The Bertz CT molecular complexity index is 554. The number of nitrogens with zero attached hydrogens (tertiary/aromatic N) is 1. The molecule has 2 rings (SSSR count). The predicted molar refractivity (Wildman–Crippen MR) is 82.4 cm³/mol. The third-order valence-electron chi connectivity index (χ3n) is 3.38. The number of anilines is 1. The molecule has 2 aromatic carbocycles. The van der Waals surface area contributed by atoms with Gasteiger partial charge < -0.3 is 10.2 Å². The molecule has 0 heterocycles. The number of likely N-dealkylation sites (N-methyl/N-ethyl adjacent to an activating group) is 1. The van der Waals surface area contributed by atoms with Crippen molar-refractivity contribution >= 4 is 5.69 Å². The molecule has 0 fully saturated rings. The summed E-state index contributed by atoms with van der Waals surface area (Å²) in [5.41, 5.74) is 3.21. The van der Waals surface area contributed by atoms with Crippen molar-refractivity contribution in [1.82, 2.24) is 4.90 Å². The van der Waals surface area contributed by atoms with Gasteiger partial charge in [-0.15, -0.1) is 0 Å². The van der Waals surface area contributed by atoms with E-state index in [4.69, 9.17) is 0 Å². The highest BCUT2D eigenvalue weighted by atomic mass is 19.1. The van der Waals surface area contributed by atoms with Crippen LogP contribution in [0.3, 0.4) is 0 Å². The molecule has 0 radical (unpaired) electrons. The summed E-state index contributed by atoms with van der Waals surface area (Å²) in [6.07, 6.45) is 0. The van der Waals surface area contributed by atoms with Gasteiger partial charge in [-0.25, -0.2) is 4.39 Å². The van der Waals surface area contributed by atoms with Gasteiger partial charge >= 0.3 is 0 Å². The number of rotatable bonds is 6. The maximum atomic E-state index is 13.4. The van der Waals surface area contributed by atoms with Crippen LogP contribution in [0.2, 0.25) is 0 Å². The molecule has 20 heavy (non-hydrogen) atoms. The molecule has 0 bridgehead atoms. The van der Waals surface area contributed by atoms with Gasteiger partial charge in [-0.05, 0) is 37.2 Å². The van der Waals surface area contributed by atoms with E-state index >= 15 is 0 Å². The van der Waals surface area contributed by atoms with E-state index in [0.29, 0.717) is 5.69 Å². The minimum Gasteiger partial charge on any atom is -0.381 e. The summed E-state index contributed by atoms with van der Waals surface area (Å²) in [5, 5.41) is 3.13. The molecule has 2 aromatic rings. The topological polar surface area (TPSA) is 15.3 Å². The summed E-state index contributed by atoms with van der Waals surface area (Å²) in [5.74, 6) is -0.200. The van der Waals surface area contributed by atoms with Crippen LogP contribution in [0.15, 0.2) is 48.5 Å². The third kappa shape index (κ3) is 4.07. The van der Waals surface area contributed by atoms with Crippen molar-refractivity contribution in [2.75, 3.05) is 25.5 Å². The molecule has 1 N–H and O–H groups in total. The first-order valence-corrected chi connectivity index (χ1v) is 6.88. The van der Waals surface area contributed by atoms with Crippen molar-refractivity contribution in [2.45, 2.75) is 13.5 Å². The smallest absolute Gasteiger partial charge is 0.146 e. The van der Waals surface area contributed by atoms with Gasteiger partial charge in [-0.1, -0.05) is 36.4 Å². The molecule has 0 unspecified atom stereocenters. The van der Waals surface area contributed by atoms with E-state index in [0.717, 1.165) is 19.6 Å². The molecule has 0 aliphatic rings. The lowest BCUT2D eigenvalue weighted by atomic mass is 10.1. The first-order chi connectivity index (χ1) is 9.66. The maximum absolute atomic E-state index is 13.4. The van der Waals surface area contributed by atoms with Gasteiger partial charge in [0.15, 0.2) is 0 Å². The second kappa shape index (κ2) is 7.06. The van der Waals surface area contributed by atoms with Crippen molar-refractivity contribution in [1.29, 1.82) is 0 Å². The Hall–Kier alpha value is -1.87. The van der Waals surface area contributed by atoms with Crippen LogP contribution in [0.1, 0.15) is 11.1 Å². The number of hydrogen-bond donors (Lipinski definition) is 1. The number of hydrogen-bond acceptors (Lipinski definition) is 2. The Labute approximate surface area is 120 Å². The highest BCUT2D eigenvalue weighted by Crippen LogP contribution is 2.12. The van der Waals surface area contributed by atoms with Gasteiger partial charge in [-0.2, -0.15) is 0 Å². The molecule has 0 saturated heterocycles. The summed E-state index contributed by atoms with van der Waals surface area (Å²) >= 11 is 0. The van der Waals surface area contributed by atoms with Crippen LogP contribution in [0.25, 0.3) is 0 Å². The van der Waals surface area contributed by atoms with E-state index in [1.807, 2.05) is 6.07 Å². The Morgan fingerprint density at radius 3 is 2.50 bits per heavy atom. The fraction of sp³-hybridized carbons (Fsp3) is 0.294. The van der Waals surface area contributed by atoms with Crippen LogP contribution in [-0.4, -0.2) is 25.0 Å². The number of benzene rings is 2. The zero-order chi connectivity index (χ0) is 14.4. The minimum absolute atomic E-state index is 0.200. The van der Waals surface area contributed by atoms with Gasteiger partial charge in [0.1, 0.15) is 5.82 Å². The highest BCUT2D eigenvalue weighted by molar-refractivity contribution is 5.44. The highest BCUT2D eigenvalue weighted by Gasteiger charge is 2.03. The van der Waals surface area contributed by atoms with Crippen LogP contribution in [0.4, 0.5) is 10.1 Å². The predicted octanol–water partition coefficient (Wildman–Crippen LogP) is 3.68. The lowest BCUT2D eigenvalue weighted by Crippen LogP contribution is -2.25. The first kappa shape index (κ1) is 14.5. The summed E-state index contributed by atoms with van der Waals surface area (Å²) in [6.45, 7) is 4.62. The molecular weight excluding hydrogens is 251 g/mol. The van der Waals surface area contributed by atoms with Gasteiger partial charge in [-0.3, -0.25) is 0 Å². The average molecular weight is 272 g/mol. The normalized spacial score (nSPS) is 10.8. The van der Waals surface area contributed by atoms with Crippen LogP contribution >= 0.6 is 0 Å². The van der Waals surface area contributed by atoms with Crippen molar-refractivity contribution < 1.29 is 4.39 Å². The second-order valence-electron chi connectivity index (χ2n) is 5.07. The van der Waals surface area contributed by atoms with Crippen LogP contribution < -0.4 is 5.32 Å². The zero-order valence-corrected chi connectivity index (χ0v) is 12.1. The molecule has 106 valence electrons. The minimum atomic E-state index is -0.200. The molecule has 0 spiro atoms. The lowest BCUT2D eigenvalue weighted by molar-refractivity contribution is 0.339. The molecular formula is C17H21FN2. The van der Waals surface area contributed by atoms with Gasteiger partial charge in [0.05, 0.1) is 5.69 Å². The van der Waals surface area contributed by atoms with Crippen molar-refractivity contribution in [3.8, 4) is 0 Å². The van der Waals surface area contributed by atoms with E-state index in [1.54, 1.807) is 12.1 Å². The summed E-state index contributed by atoms with van der Waals surface area (Å²) in [7, 11) is 2.08. The fourth-order valence-corrected chi connectivity index (χ4v) is 2.14. The molecule has 0 amide bonds. The van der Waals surface area contributed by atoms with E-state index in [-0.39, 0.29) is 5.82 Å². The lowest BCUT2D eigenvalue weighted by Gasteiger charge is -2.18. The van der Waals surface area contributed by atoms with E-state index in [2.05, 4.69) is 48.5 Å². The summed E-state index contributed by atoms with van der Waals surface area (Å²) < 4.78 is 13.4. The third-order valence-corrected chi connectivity index (χ3v) is 3.38.